The molecule has 0 aliphatic heterocycles. The largest absolute Gasteiger partial charge is 3.00 e. The second kappa shape index (κ2) is 8.09. The molecule has 0 aliphatic carbocycles. The van der Waals surface area contributed by atoms with Crippen LogP contribution in [0.4, 0.5) is 0 Å². The molecule has 25 heavy (non-hydrogen) atoms. The first-order valence-corrected chi connectivity index (χ1v) is 8.43. The van der Waals surface area contributed by atoms with Crippen molar-refractivity contribution >= 4 is 34.8 Å². The Morgan fingerprint density at radius 2 is 1.52 bits per heavy atom. The summed E-state index contributed by atoms with van der Waals surface area (Å²) in [4.78, 5) is 13.3. The third kappa shape index (κ3) is 3.88. The third-order valence-electron chi connectivity index (χ3n) is 3.81. The average Bonchev–Trinajstić information content (AvgIpc) is 2.56. The number of hydrogen-bond donors (Lipinski definition) is 0. The minimum absolute atomic E-state index is 0. The van der Waals surface area contributed by atoms with Crippen molar-refractivity contribution in [3.8, 4) is 22.6 Å². The molecule has 127 valence electrons. The van der Waals surface area contributed by atoms with Gasteiger partial charge in [0.05, 0.1) is 21.4 Å². The molecule has 0 spiro atoms. The summed E-state index contributed by atoms with van der Waals surface area (Å²) in [6, 6.07) is 5.89. The van der Waals surface area contributed by atoms with Crippen LogP contribution in [0.25, 0.3) is 22.6 Å². The van der Waals surface area contributed by atoms with Gasteiger partial charge >= 0.3 is 19.5 Å². The van der Waals surface area contributed by atoms with Crippen LogP contribution < -0.4 is 0 Å². The summed E-state index contributed by atoms with van der Waals surface area (Å²) in [6.45, 7) is 5.83. The predicted molar refractivity (Wildman–Crippen MR) is 99.9 cm³/mol. The van der Waals surface area contributed by atoms with Gasteiger partial charge in [0.15, 0.2) is 0 Å². The van der Waals surface area contributed by atoms with Crippen molar-refractivity contribution in [3.05, 3.63) is 62.5 Å². The van der Waals surface area contributed by atoms with Crippen LogP contribution in [0, 0.1) is 20.8 Å². The molecule has 0 saturated carbocycles. The molecule has 3 aromatic heterocycles. The molecule has 0 atom stereocenters. The Hall–Kier alpha value is -1.06. The maximum Gasteiger partial charge on any atom is 3.00 e. The van der Waals surface area contributed by atoms with Gasteiger partial charge in [0.2, 0.25) is 0 Å². The second-order valence-corrected chi connectivity index (χ2v) is 6.69. The van der Waals surface area contributed by atoms with Gasteiger partial charge in [0, 0.05) is 18.0 Å². The molecule has 0 amide bonds. The molecule has 0 aromatic carbocycles. The Labute approximate surface area is 174 Å². The van der Waals surface area contributed by atoms with E-state index in [0.717, 1.165) is 22.4 Å². The Balaban J connectivity index is 0.00000225. The van der Waals surface area contributed by atoms with Crippen molar-refractivity contribution in [3.63, 3.8) is 0 Å². The minimum Gasteiger partial charge on any atom is -0.256 e. The molecule has 3 nitrogen and oxygen atoms in total. The van der Waals surface area contributed by atoms with E-state index in [1.54, 1.807) is 12.4 Å². The van der Waals surface area contributed by atoms with Crippen molar-refractivity contribution < 1.29 is 19.5 Å². The molecule has 0 bridgehead atoms. The van der Waals surface area contributed by atoms with Gasteiger partial charge in [-0.05, 0) is 55.7 Å². The molecule has 1 radical (unpaired) electrons. The molecule has 3 aromatic rings. The number of aryl methyl sites for hydroxylation is 2. The van der Waals surface area contributed by atoms with Crippen molar-refractivity contribution in [1.82, 2.24) is 15.0 Å². The molecule has 7 heteroatoms. The summed E-state index contributed by atoms with van der Waals surface area (Å²) in [5, 5.41) is 1.00. The van der Waals surface area contributed by atoms with Gasteiger partial charge < -0.3 is 0 Å². The van der Waals surface area contributed by atoms with Crippen molar-refractivity contribution in [2.75, 3.05) is 0 Å². The minimum atomic E-state index is 0. The van der Waals surface area contributed by atoms with E-state index in [-0.39, 0.29) is 24.6 Å². The van der Waals surface area contributed by atoms with Crippen molar-refractivity contribution in [2.24, 2.45) is 0 Å². The SMILES string of the molecule is Cc1ccnc(-c2c(C)ccnc2-c2nc(Cl)c(Cl)c(C)c2Cl)c1.[Ru+3]. The van der Waals surface area contributed by atoms with E-state index < -0.39 is 0 Å². The van der Waals surface area contributed by atoms with Crippen molar-refractivity contribution in [1.29, 1.82) is 0 Å². The zero-order valence-corrected chi connectivity index (χ0v) is 17.7. The molecular weight excluding hydrogens is 466 g/mol. The third-order valence-corrected chi connectivity index (χ3v) is 5.11. The Morgan fingerprint density at radius 1 is 0.840 bits per heavy atom. The summed E-state index contributed by atoms with van der Waals surface area (Å²) in [5.41, 5.74) is 5.66. The summed E-state index contributed by atoms with van der Waals surface area (Å²) >= 11 is 18.8. The van der Waals surface area contributed by atoms with Gasteiger partial charge in [-0.3, -0.25) is 9.97 Å². The van der Waals surface area contributed by atoms with Crippen LogP contribution in [0.5, 0.6) is 0 Å². The Kier molecular flexibility index (Phi) is 6.56. The molecule has 3 heterocycles. The fourth-order valence-corrected chi connectivity index (χ4v) is 3.15. The predicted octanol–water partition coefficient (Wildman–Crippen LogP) is 6.09. The zero-order valence-electron chi connectivity index (χ0n) is 13.7. The van der Waals surface area contributed by atoms with Crippen LogP contribution in [-0.4, -0.2) is 15.0 Å². The quantitative estimate of drug-likeness (QED) is 0.330. The summed E-state index contributed by atoms with van der Waals surface area (Å²) in [7, 11) is 0. The van der Waals surface area contributed by atoms with Crippen molar-refractivity contribution in [2.45, 2.75) is 20.8 Å². The van der Waals surface area contributed by atoms with Crippen LogP contribution in [0.2, 0.25) is 15.2 Å². The van der Waals surface area contributed by atoms with Crippen LogP contribution in [0.1, 0.15) is 16.7 Å². The van der Waals surface area contributed by atoms with E-state index >= 15 is 0 Å². The first-order chi connectivity index (χ1) is 11.4. The van der Waals surface area contributed by atoms with E-state index in [0.29, 0.717) is 27.0 Å². The number of halogens is 3. The topological polar surface area (TPSA) is 38.7 Å². The maximum atomic E-state index is 6.48. The smallest absolute Gasteiger partial charge is 0.256 e. The first-order valence-electron chi connectivity index (χ1n) is 7.30. The van der Waals surface area contributed by atoms with Gasteiger partial charge in [0.1, 0.15) is 10.8 Å². The second-order valence-electron chi connectivity index (χ2n) is 5.57. The molecule has 0 fully saturated rings. The molecule has 0 unspecified atom stereocenters. The Morgan fingerprint density at radius 3 is 2.20 bits per heavy atom. The van der Waals surface area contributed by atoms with E-state index in [2.05, 4.69) is 15.0 Å². The van der Waals surface area contributed by atoms with Crippen LogP contribution >= 0.6 is 34.8 Å². The monoisotopic (exact) mass is 479 g/mol. The molecule has 3 rings (SSSR count). The fourth-order valence-electron chi connectivity index (χ4n) is 2.52. The number of pyridine rings is 3. The standard InChI is InChI=1S/C18H14Cl3N3.Ru/c1-9-4-6-22-12(8-9)13-10(2)5-7-23-16(13)17-14(19)11(3)15(20)18(21)24-17;/h4-8H,1-3H3;/q;+3. The van der Waals surface area contributed by atoms with E-state index in [4.69, 9.17) is 34.8 Å². The summed E-state index contributed by atoms with van der Waals surface area (Å²) in [5.74, 6) is 0. The summed E-state index contributed by atoms with van der Waals surface area (Å²) < 4.78 is 0. The van der Waals surface area contributed by atoms with Crippen LogP contribution in [-0.2, 0) is 19.5 Å². The zero-order chi connectivity index (χ0) is 17.4. The number of nitrogens with zero attached hydrogens (tertiary/aromatic N) is 3. The van der Waals surface area contributed by atoms with Gasteiger partial charge in [-0.1, -0.05) is 34.8 Å². The molecular formula is C18H14Cl3N3Ru+3. The number of hydrogen-bond acceptors (Lipinski definition) is 3. The van der Waals surface area contributed by atoms with Gasteiger partial charge in [0.25, 0.3) is 0 Å². The molecule has 0 N–H and O–H groups in total. The Bertz CT molecular complexity index is 945. The van der Waals surface area contributed by atoms with Gasteiger partial charge in [-0.25, -0.2) is 4.98 Å². The number of rotatable bonds is 2. The average molecular weight is 480 g/mol. The molecule has 0 aliphatic rings. The van der Waals surface area contributed by atoms with E-state index in [9.17, 15) is 0 Å². The van der Waals surface area contributed by atoms with Crippen LogP contribution in [0.15, 0.2) is 30.6 Å². The fraction of sp³-hybridized carbons (Fsp3) is 0.167. The van der Waals surface area contributed by atoms with Gasteiger partial charge in [-0.2, -0.15) is 0 Å². The first kappa shape index (κ1) is 20.3. The van der Waals surface area contributed by atoms with Crippen LogP contribution in [0.3, 0.4) is 0 Å². The molecule has 0 saturated heterocycles. The van der Waals surface area contributed by atoms with Gasteiger partial charge in [-0.15, -0.1) is 0 Å². The summed E-state index contributed by atoms with van der Waals surface area (Å²) in [6.07, 6.45) is 3.50. The maximum absolute atomic E-state index is 6.48. The number of aromatic nitrogens is 3. The normalized spacial score (nSPS) is 10.5. The van der Waals surface area contributed by atoms with E-state index in [1.807, 2.05) is 39.0 Å². The van der Waals surface area contributed by atoms with E-state index in [1.165, 1.54) is 0 Å².